The van der Waals surface area contributed by atoms with Gasteiger partial charge in [0.15, 0.2) is 0 Å². The topological polar surface area (TPSA) is 6.48 Å². The molecule has 14 heteroatoms. The van der Waals surface area contributed by atoms with Gasteiger partial charge < -0.3 is 9.80 Å². The summed E-state index contributed by atoms with van der Waals surface area (Å²) in [6.07, 6.45) is -9.45. The lowest BCUT2D eigenvalue weighted by Crippen LogP contribution is -2.37. The van der Waals surface area contributed by atoms with E-state index in [0.717, 1.165) is 45.4 Å². The first-order chi connectivity index (χ1) is 34.9. The summed E-state index contributed by atoms with van der Waals surface area (Å²) >= 11 is 0. The molecule has 0 fully saturated rings. The van der Waals surface area contributed by atoms with Gasteiger partial charge in [-0.3, -0.25) is 0 Å². The Hall–Kier alpha value is -7.43. The number of halogens is 10. The van der Waals surface area contributed by atoms with Crippen molar-refractivity contribution in [3.8, 4) is 22.3 Å². The lowest BCUT2D eigenvalue weighted by molar-refractivity contribution is -0.138. The van der Waals surface area contributed by atoms with Crippen molar-refractivity contribution >= 4 is 93.0 Å². The normalized spacial score (nSPS) is 12.6. The van der Waals surface area contributed by atoms with E-state index in [4.69, 9.17) is 0 Å². The number of rotatable bonds is 10. The highest BCUT2D eigenvalue weighted by Gasteiger charge is 2.33. The molecule has 0 heterocycles. The maximum absolute atomic E-state index is 16.8. The fraction of sp³-hybridized carbons (Fsp3) is 0.133. The summed E-state index contributed by atoms with van der Waals surface area (Å²) in [5, 5.41) is 6.39. The molecule has 0 atom stereocenters. The Bertz CT molecular complexity index is 3530. The van der Waals surface area contributed by atoms with E-state index in [9.17, 15) is 26.3 Å². The molecule has 0 N–H and O–H groups in total. The zero-order valence-corrected chi connectivity index (χ0v) is 42.8. The van der Waals surface area contributed by atoms with E-state index in [1.54, 1.807) is 21.9 Å². The summed E-state index contributed by atoms with van der Waals surface area (Å²) in [7, 11) is -3.72. The SMILES string of the molecule is C[Si](C)(C)c1ccc(N(c2cc(-c3cccc(C(F)(F)F)c3)c(F)cc2F)c2ccc3ccc4c(N(c5ccc([Si](C)(C)C)cc5)c5cc(-c6cccc(C(F)(F)F)c6)c(F)cc5F)ccc5ccc2c3c54)cc1. The Kier molecular flexibility index (Phi) is 12.3. The average molecular weight is 1040 g/mol. The van der Waals surface area contributed by atoms with Crippen LogP contribution in [-0.2, 0) is 12.4 Å². The Morgan fingerprint density at radius 2 is 0.703 bits per heavy atom. The van der Waals surface area contributed by atoms with Gasteiger partial charge in [0, 0.05) is 45.4 Å². The molecule has 0 saturated carbocycles. The van der Waals surface area contributed by atoms with Gasteiger partial charge >= 0.3 is 12.4 Å². The first-order valence-corrected chi connectivity index (χ1v) is 30.7. The van der Waals surface area contributed by atoms with Crippen LogP contribution in [0.1, 0.15) is 11.1 Å². The van der Waals surface area contributed by atoms with Crippen molar-refractivity contribution in [2.24, 2.45) is 0 Å². The molecule has 10 aromatic carbocycles. The molecular weight excluding hydrogens is 995 g/mol. The minimum absolute atomic E-state index is 0.102. The first kappa shape index (κ1) is 50.1. The lowest BCUT2D eigenvalue weighted by atomic mass is 9.91. The highest BCUT2D eigenvalue weighted by Crippen LogP contribution is 2.49. The van der Waals surface area contributed by atoms with Gasteiger partial charge in [0.2, 0.25) is 0 Å². The van der Waals surface area contributed by atoms with Crippen molar-refractivity contribution in [1.82, 2.24) is 0 Å². The van der Waals surface area contributed by atoms with E-state index in [1.165, 1.54) is 36.4 Å². The van der Waals surface area contributed by atoms with E-state index in [-0.39, 0.29) is 33.6 Å². The molecule has 0 amide bonds. The Balaban J connectivity index is 1.22. The van der Waals surface area contributed by atoms with E-state index in [1.807, 2.05) is 84.9 Å². The zero-order valence-electron chi connectivity index (χ0n) is 40.8. The van der Waals surface area contributed by atoms with E-state index in [0.29, 0.717) is 56.4 Å². The number of alkyl halides is 6. The van der Waals surface area contributed by atoms with Crippen LogP contribution < -0.4 is 20.2 Å². The lowest BCUT2D eigenvalue weighted by Gasteiger charge is -2.30. The van der Waals surface area contributed by atoms with Crippen LogP contribution in [0.4, 0.5) is 78.0 Å². The standard InChI is InChI=1S/C60H46F10N2Si2/c1-73(2,3)43-21-17-41(18-22-43)71(55-31-47(49(61)33-51(55)63)37-9-7-11-39(29-37)59(65,66)67)53-27-15-35-14-26-46-54(28-16-36-13-25-45(53)57(35)58(36)46)72(42-19-23-44(24-20-42)74(4,5)6)56-32-48(50(62)34-52(56)64)38-10-8-12-40(30-38)60(68,69)70/h7-34H,1-6H3. The molecule has 374 valence electrons. The predicted molar refractivity (Wildman–Crippen MR) is 286 cm³/mol. The molecule has 0 aliphatic rings. The van der Waals surface area contributed by atoms with E-state index < -0.39 is 62.9 Å². The molecule has 10 rings (SSSR count). The van der Waals surface area contributed by atoms with Crippen molar-refractivity contribution < 1.29 is 43.9 Å². The van der Waals surface area contributed by atoms with Crippen LogP contribution in [0.25, 0.3) is 54.6 Å². The monoisotopic (exact) mass is 1040 g/mol. The van der Waals surface area contributed by atoms with Crippen molar-refractivity contribution in [3.05, 3.63) is 204 Å². The second-order valence-corrected chi connectivity index (χ2v) is 30.7. The summed E-state index contributed by atoms with van der Waals surface area (Å²) < 4.78 is 149. The third-order valence-corrected chi connectivity index (χ3v) is 17.8. The molecule has 0 saturated heterocycles. The van der Waals surface area contributed by atoms with Gasteiger partial charge in [-0.15, -0.1) is 0 Å². The molecular formula is C60H46F10N2Si2. The molecule has 0 radical (unpaired) electrons. The van der Waals surface area contributed by atoms with Crippen molar-refractivity contribution in [3.63, 3.8) is 0 Å². The van der Waals surface area contributed by atoms with Crippen LogP contribution in [0, 0.1) is 23.3 Å². The van der Waals surface area contributed by atoms with Crippen LogP contribution in [0.15, 0.2) is 170 Å². The fourth-order valence-corrected chi connectivity index (χ4v) is 12.1. The van der Waals surface area contributed by atoms with Crippen molar-refractivity contribution in [2.75, 3.05) is 9.80 Å². The van der Waals surface area contributed by atoms with Crippen molar-refractivity contribution in [1.29, 1.82) is 0 Å². The molecule has 0 unspecified atom stereocenters. The summed E-state index contributed by atoms with van der Waals surface area (Å²) in [5.41, 5.74) is -1.08. The smallest absolute Gasteiger partial charge is 0.307 e. The van der Waals surface area contributed by atoms with Crippen LogP contribution in [0.3, 0.4) is 0 Å². The van der Waals surface area contributed by atoms with Gasteiger partial charge in [0.05, 0.1) is 50.0 Å². The van der Waals surface area contributed by atoms with Gasteiger partial charge in [-0.1, -0.05) is 135 Å². The Morgan fingerprint density at radius 3 is 1.04 bits per heavy atom. The van der Waals surface area contributed by atoms with E-state index >= 15 is 17.6 Å². The molecule has 10 aromatic rings. The van der Waals surface area contributed by atoms with Gasteiger partial charge in [-0.25, -0.2) is 17.6 Å². The van der Waals surface area contributed by atoms with Crippen molar-refractivity contribution in [2.45, 2.75) is 51.6 Å². The van der Waals surface area contributed by atoms with Crippen LogP contribution in [0.2, 0.25) is 39.3 Å². The summed E-state index contributed by atoms with van der Waals surface area (Å²) in [5.74, 6) is -4.05. The number of anilines is 6. The maximum Gasteiger partial charge on any atom is 0.416 e. The number of benzene rings is 10. The van der Waals surface area contributed by atoms with Gasteiger partial charge in [0.25, 0.3) is 0 Å². The largest absolute Gasteiger partial charge is 0.416 e. The van der Waals surface area contributed by atoms with Crippen LogP contribution >= 0.6 is 0 Å². The highest BCUT2D eigenvalue weighted by atomic mass is 28.3. The predicted octanol–water partition coefficient (Wildman–Crippen LogP) is 18.5. The van der Waals surface area contributed by atoms with E-state index in [2.05, 4.69) is 39.3 Å². The molecule has 0 aromatic heterocycles. The van der Waals surface area contributed by atoms with Crippen LogP contribution in [0.5, 0.6) is 0 Å². The Morgan fingerprint density at radius 1 is 0.351 bits per heavy atom. The molecule has 2 nitrogen and oxygen atoms in total. The molecule has 0 aliphatic carbocycles. The third-order valence-electron chi connectivity index (χ3n) is 13.6. The van der Waals surface area contributed by atoms with Gasteiger partial charge in [-0.2, -0.15) is 26.3 Å². The summed E-state index contributed by atoms with van der Waals surface area (Å²) in [6.45, 7) is 13.1. The third kappa shape index (κ3) is 9.18. The molecule has 74 heavy (non-hydrogen) atoms. The maximum atomic E-state index is 16.8. The molecule has 0 bridgehead atoms. The minimum Gasteiger partial charge on any atom is -0.307 e. The number of nitrogens with zero attached hydrogens (tertiary/aromatic N) is 2. The van der Waals surface area contributed by atoms with Gasteiger partial charge in [0.1, 0.15) is 23.3 Å². The minimum atomic E-state index is -4.72. The highest BCUT2D eigenvalue weighted by molar-refractivity contribution is 6.89. The number of hydrogen-bond donors (Lipinski definition) is 0. The first-order valence-electron chi connectivity index (χ1n) is 23.7. The zero-order chi connectivity index (χ0) is 52.8. The second-order valence-electron chi connectivity index (χ2n) is 20.6. The second kappa shape index (κ2) is 18.2. The summed E-state index contributed by atoms with van der Waals surface area (Å²) in [6, 6.07) is 42.3. The Labute approximate surface area is 423 Å². The van der Waals surface area contributed by atoms with Crippen LogP contribution in [-0.4, -0.2) is 16.1 Å². The number of hydrogen-bond acceptors (Lipinski definition) is 2. The average Bonchev–Trinajstić information content (AvgIpc) is 3.35. The molecule has 0 aliphatic heterocycles. The fourth-order valence-electron chi connectivity index (χ4n) is 9.78. The summed E-state index contributed by atoms with van der Waals surface area (Å²) in [4.78, 5) is 3.25. The quantitative estimate of drug-likeness (QED) is 0.0765. The van der Waals surface area contributed by atoms with Gasteiger partial charge in [-0.05, 0) is 105 Å². The molecule has 0 spiro atoms.